The molecule has 1 amide bonds. The van der Waals surface area contributed by atoms with Gasteiger partial charge in [-0.15, -0.1) is 0 Å². The van der Waals surface area contributed by atoms with Crippen molar-refractivity contribution in [1.29, 1.82) is 5.26 Å². The topological polar surface area (TPSA) is 70.4 Å². The number of ketones is 1. The second kappa shape index (κ2) is 8.46. The van der Waals surface area contributed by atoms with Gasteiger partial charge >= 0.3 is 0 Å². The van der Waals surface area contributed by atoms with Crippen molar-refractivity contribution in [2.24, 2.45) is 0 Å². The Labute approximate surface area is 146 Å². The highest BCUT2D eigenvalue weighted by Crippen LogP contribution is 2.14. The minimum Gasteiger partial charge on any atom is -0.484 e. The normalized spacial score (nSPS) is 10.3. The van der Waals surface area contributed by atoms with Crippen LogP contribution < -0.4 is 4.74 Å². The molecule has 5 heteroatoms. The van der Waals surface area contributed by atoms with E-state index in [1.54, 1.807) is 62.6 Å². The number of nitrogens with zero attached hydrogens (tertiary/aromatic N) is 2. The van der Waals surface area contributed by atoms with E-state index in [1.165, 1.54) is 11.0 Å². The average molecular weight is 334 g/mol. The van der Waals surface area contributed by atoms with Crippen molar-refractivity contribution in [3.63, 3.8) is 0 Å². The van der Waals surface area contributed by atoms with Crippen LogP contribution in [-0.4, -0.2) is 37.3 Å². The highest BCUT2D eigenvalue weighted by atomic mass is 16.5. The molecule has 0 radical (unpaired) electrons. The van der Waals surface area contributed by atoms with Crippen molar-refractivity contribution in [2.75, 3.05) is 20.7 Å². The highest BCUT2D eigenvalue weighted by Gasteiger charge is 2.06. The van der Waals surface area contributed by atoms with Crippen LogP contribution in [0.3, 0.4) is 0 Å². The molecule has 0 fully saturated rings. The summed E-state index contributed by atoms with van der Waals surface area (Å²) >= 11 is 0. The van der Waals surface area contributed by atoms with Crippen LogP contribution in [0.4, 0.5) is 0 Å². The van der Waals surface area contributed by atoms with Crippen molar-refractivity contribution in [3.8, 4) is 11.8 Å². The van der Waals surface area contributed by atoms with E-state index in [-0.39, 0.29) is 18.3 Å². The lowest BCUT2D eigenvalue weighted by Gasteiger charge is -2.11. The van der Waals surface area contributed by atoms with Gasteiger partial charge in [0.25, 0.3) is 5.91 Å². The van der Waals surface area contributed by atoms with Gasteiger partial charge in [-0.05, 0) is 48.0 Å². The number of carbonyl (C=O) groups excluding carboxylic acids is 2. The van der Waals surface area contributed by atoms with E-state index in [0.717, 1.165) is 5.56 Å². The number of carbonyl (C=O) groups is 2. The lowest BCUT2D eigenvalue weighted by molar-refractivity contribution is -0.130. The molecule has 5 nitrogen and oxygen atoms in total. The molecule has 0 aromatic heterocycles. The molecular weight excluding hydrogens is 316 g/mol. The zero-order valence-electron chi connectivity index (χ0n) is 14.1. The van der Waals surface area contributed by atoms with Gasteiger partial charge < -0.3 is 9.64 Å². The van der Waals surface area contributed by atoms with E-state index in [9.17, 15) is 9.59 Å². The zero-order valence-corrected chi connectivity index (χ0v) is 14.1. The molecule has 0 heterocycles. The van der Waals surface area contributed by atoms with Gasteiger partial charge in [0.2, 0.25) is 0 Å². The Hall–Kier alpha value is -3.39. The minimum atomic E-state index is -0.154. The third-order valence-corrected chi connectivity index (χ3v) is 3.44. The fourth-order valence-electron chi connectivity index (χ4n) is 1.97. The van der Waals surface area contributed by atoms with Gasteiger partial charge in [-0.3, -0.25) is 9.59 Å². The van der Waals surface area contributed by atoms with Crippen LogP contribution >= 0.6 is 0 Å². The van der Waals surface area contributed by atoms with E-state index in [0.29, 0.717) is 16.9 Å². The Morgan fingerprint density at radius 1 is 1.16 bits per heavy atom. The Balaban J connectivity index is 1.99. The molecule has 0 atom stereocenters. The first-order valence-corrected chi connectivity index (χ1v) is 7.65. The summed E-state index contributed by atoms with van der Waals surface area (Å²) in [5.41, 5.74) is 1.84. The maximum Gasteiger partial charge on any atom is 0.259 e. The van der Waals surface area contributed by atoms with Gasteiger partial charge in [0.15, 0.2) is 12.4 Å². The number of rotatable bonds is 6. The predicted molar refractivity (Wildman–Crippen MR) is 95.2 cm³/mol. The van der Waals surface area contributed by atoms with Gasteiger partial charge in [0.05, 0.1) is 11.6 Å². The van der Waals surface area contributed by atoms with Crippen LogP contribution in [0.15, 0.2) is 54.6 Å². The molecule has 2 rings (SSSR count). The average Bonchev–Trinajstić information content (AvgIpc) is 2.64. The molecule has 126 valence electrons. The smallest absolute Gasteiger partial charge is 0.259 e. The molecule has 25 heavy (non-hydrogen) atoms. The van der Waals surface area contributed by atoms with Gasteiger partial charge in [0, 0.05) is 19.7 Å². The van der Waals surface area contributed by atoms with Crippen molar-refractivity contribution in [2.45, 2.75) is 0 Å². The minimum absolute atomic E-state index is 0.0462. The molecule has 2 aromatic rings. The number of ether oxygens (including phenoxy) is 1. The number of nitriles is 1. The van der Waals surface area contributed by atoms with Crippen LogP contribution in [0.5, 0.6) is 5.75 Å². The molecular formula is C20H18N2O3. The molecule has 0 aliphatic heterocycles. The molecule has 0 saturated carbocycles. The van der Waals surface area contributed by atoms with Gasteiger partial charge in [0.1, 0.15) is 5.75 Å². The van der Waals surface area contributed by atoms with Crippen LogP contribution in [0.25, 0.3) is 6.08 Å². The predicted octanol–water partition coefficient (Wildman–Crippen LogP) is 2.92. The van der Waals surface area contributed by atoms with E-state index >= 15 is 0 Å². The molecule has 2 aromatic carbocycles. The second-order valence-corrected chi connectivity index (χ2v) is 5.54. The third-order valence-electron chi connectivity index (χ3n) is 3.44. The number of hydrogen-bond acceptors (Lipinski definition) is 4. The van der Waals surface area contributed by atoms with Crippen LogP contribution in [0.2, 0.25) is 0 Å². The van der Waals surface area contributed by atoms with E-state index in [2.05, 4.69) is 6.07 Å². The van der Waals surface area contributed by atoms with E-state index < -0.39 is 0 Å². The second-order valence-electron chi connectivity index (χ2n) is 5.54. The lowest BCUT2D eigenvalue weighted by Crippen LogP contribution is -2.27. The molecule has 0 bridgehead atoms. The summed E-state index contributed by atoms with van der Waals surface area (Å²) in [5.74, 6) is 0.235. The molecule has 0 unspecified atom stereocenters. The number of allylic oxidation sites excluding steroid dienone is 1. The fraction of sp³-hybridized carbons (Fsp3) is 0.150. The maximum atomic E-state index is 12.2. The maximum absolute atomic E-state index is 12.2. The van der Waals surface area contributed by atoms with E-state index in [1.807, 2.05) is 6.07 Å². The quantitative estimate of drug-likeness (QED) is 0.601. The van der Waals surface area contributed by atoms with E-state index in [4.69, 9.17) is 10.00 Å². The standard InChI is InChI=1S/C20H18N2O3/c1-22(2)20(24)14-25-18-9-7-17(8-10-18)19(23)11-6-15-4-3-5-16(12-15)13-21/h3-12H,14H2,1-2H3/b11-6-. The van der Waals surface area contributed by atoms with Crippen molar-refractivity contribution in [3.05, 3.63) is 71.3 Å². The van der Waals surface area contributed by atoms with Crippen LogP contribution in [-0.2, 0) is 4.79 Å². The van der Waals surface area contributed by atoms with Gasteiger partial charge in [-0.1, -0.05) is 18.2 Å². The number of hydrogen-bond donors (Lipinski definition) is 0. The summed E-state index contributed by atoms with van der Waals surface area (Å²) in [7, 11) is 3.32. The molecule has 0 spiro atoms. The fourth-order valence-corrected chi connectivity index (χ4v) is 1.97. The first kappa shape index (κ1) is 18.0. The Morgan fingerprint density at radius 2 is 1.88 bits per heavy atom. The summed E-state index contributed by atoms with van der Waals surface area (Å²) < 4.78 is 5.37. The molecule has 0 aliphatic rings. The third kappa shape index (κ3) is 5.33. The summed E-state index contributed by atoms with van der Waals surface area (Å²) in [6.07, 6.45) is 3.13. The summed E-state index contributed by atoms with van der Waals surface area (Å²) in [6, 6.07) is 15.7. The summed E-state index contributed by atoms with van der Waals surface area (Å²) in [5, 5.41) is 8.88. The Kier molecular flexibility index (Phi) is 6.08. The van der Waals surface area contributed by atoms with Crippen molar-refractivity contribution < 1.29 is 14.3 Å². The molecule has 0 saturated heterocycles. The van der Waals surface area contributed by atoms with Gasteiger partial charge in [-0.2, -0.15) is 5.26 Å². The first-order chi connectivity index (χ1) is 12.0. The number of benzene rings is 2. The SMILES string of the molecule is CN(C)C(=O)COc1ccc(C(=O)/C=C\c2cccc(C#N)c2)cc1. The largest absolute Gasteiger partial charge is 0.484 e. The Bertz CT molecular complexity index is 831. The summed E-state index contributed by atoms with van der Waals surface area (Å²) in [6.45, 7) is -0.0462. The zero-order chi connectivity index (χ0) is 18.2. The van der Waals surface area contributed by atoms with Crippen LogP contribution in [0, 0.1) is 11.3 Å². The highest BCUT2D eigenvalue weighted by molar-refractivity contribution is 6.06. The first-order valence-electron chi connectivity index (χ1n) is 7.65. The number of amides is 1. The summed E-state index contributed by atoms with van der Waals surface area (Å²) in [4.78, 5) is 25.1. The molecule has 0 N–H and O–H groups in total. The molecule has 0 aliphatic carbocycles. The van der Waals surface area contributed by atoms with Crippen LogP contribution in [0.1, 0.15) is 21.5 Å². The lowest BCUT2D eigenvalue weighted by atomic mass is 10.1. The van der Waals surface area contributed by atoms with Crippen molar-refractivity contribution >= 4 is 17.8 Å². The number of likely N-dealkylation sites (N-methyl/N-ethyl adjacent to an activating group) is 1. The van der Waals surface area contributed by atoms with Crippen molar-refractivity contribution in [1.82, 2.24) is 4.90 Å². The Morgan fingerprint density at radius 3 is 2.52 bits per heavy atom. The van der Waals surface area contributed by atoms with Gasteiger partial charge in [-0.25, -0.2) is 0 Å². The monoisotopic (exact) mass is 334 g/mol.